The first-order valence-electron chi connectivity index (χ1n) is 7.26. The van der Waals surface area contributed by atoms with Gasteiger partial charge in [-0.25, -0.2) is 14.6 Å². The zero-order chi connectivity index (χ0) is 17.4. The summed E-state index contributed by atoms with van der Waals surface area (Å²) < 4.78 is 14.8. The first-order valence-corrected chi connectivity index (χ1v) is 7.26. The van der Waals surface area contributed by atoms with E-state index in [-0.39, 0.29) is 24.2 Å². The molecule has 2 rings (SSSR count). The summed E-state index contributed by atoms with van der Waals surface area (Å²) in [5.74, 6) is -0.364. The van der Waals surface area contributed by atoms with Crippen molar-refractivity contribution in [3.63, 3.8) is 0 Å². The van der Waals surface area contributed by atoms with Gasteiger partial charge in [0.15, 0.2) is 5.69 Å². The molecule has 1 heterocycles. The largest absolute Gasteiger partial charge is 0.464 e. The number of rotatable bonds is 7. The van der Waals surface area contributed by atoms with E-state index in [1.165, 1.54) is 18.3 Å². The van der Waals surface area contributed by atoms with Crippen molar-refractivity contribution >= 4 is 17.7 Å². The van der Waals surface area contributed by atoms with Gasteiger partial charge in [0.1, 0.15) is 6.26 Å². The topological polar surface area (TPSA) is 93.9 Å². The zero-order valence-electron chi connectivity index (χ0n) is 13.5. The smallest absolute Gasteiger partial charge is 0.360 e. The summed E-state index contributed by atoms with van der Waals surface area (Å²) in [6.07, 6.45) is 1.20. The number of benzene rings is 1. The van der Waals surface area contributed by atoms with Crippen LogP contribution in [0.3, 0.4) is 0 Å². The van der Waals surface area contributed by atoms with Crippen LogP contribution in [0.4, 0.5) is 10.5 Å². The number of para-hydroxylation sites is 1. The molecule has 1 aromatic heterocycles. The number of hydrogen-bond acceptors (Lipinski definition) is 6. The minimum absolute atomic E-state index is 0.0580. The fraction of sp³-hybridized carbons (Fsp3) is 0.312. The molecule has 0 saturated heterocycles. The SMILES string of the molecule is COCCN(Cc1nc(C(=O)OC)co1)C(=O)Nc1ccccc1. The number of ether oxygens (including phenoxy) is 2. The molecule has 0 radical (unpaired) electrons. The van der Waals surface area contributed by atoms with Crippen molar-refractivity contribution in [2.45, 2.75) is 6.54 Å². The van der Waals surface area contributed by atoms with Crippen molar-refractivity contribution in [3.05, 3.63) is 48.2 Å². The average molecular weight is 333 g/mol. The van der Waals surface area contributed by atoms with Crippen LogP contribution in [0.25, 0.3) is 0 Å². The number of amides is 2. The van der Waals surface area contributed by atoms with Crippen LogP contribution < -0.4 is 5.32 Å². The van der Waals surface area contributed by atoms with Gasteiger partial charge in [-0.15, -0.1) is 0 Å². The number of oxazole rings is 1. The van der Waals surface area contributed by atoms with Gasteiger partial charge in [-0.05, 0) is 12.1 Å². The van der Waals surface area contributed by atoms with Crippen LogP contribution in [-0.4, -0.2) is 49.3 Å². The van der Waals surface area contributed by atoms with Crippen molar-refractivity contribution < 1.29 is 23.5 Å². The third-order valence-corrected chi connectivity index (χ3v) is 3.15. The number of nitrogens with zero attached hydrogens (tertiary/aromatic N) is 2. The van der Waals surface area contributed by atoms with E-state index in [2.05, 4.69) is 15.0 Å². The fourth-order valence-electron chi connectivity index (χ4n) is 1.92. The Bertz CT molecular complexity index is 671. The molecule has 2 aromatic rings. The number of esters is 1. The highest BCUT2D eigenvalue weighted by Gasteiger charge is 2.19. The molecule has 128 valence electrons. The van der Waals surface area contributed by atoms with E-state index in [1.54, 1.807) is 19.2 Å². The Labute approximate surface area is 139 Å². The Morgan fingerprint density at radius 2 is 2.00 bits per heavy atom. The fourth-order valence-corrected chi connectivity index (χ4v) is 1.92. The first-order chi connectivity index (χ1) is 11.6. The molecule has 2 amide bonds. The number of hydrogen-bond donors (Lipinski definition) is 1. The molecule has 0 aliphatic heterocycles. The van der Waals surface area contributed by atoms with Gasteiger partial charge in [-0.2, -0.15) is 0 Å². The number of urea groups is 1. The summed E-state index contributed by atoms with van der Waals surface area (Å²) in [4.78, 5) is 29.3. The maximum absolute atomic E-state index is 12.4. The van der Waals surface area contributed by atoms with Gasteiger partial charge < -0.3 is 24.1 Å². The minimum atomic E-state index is -0.595. The highest BCUT2D eigenvalue weighted by Crippen LogP contribution is 2.10. The lowest BCUT2D eigenvalue weighted by molar-refractivity contribution is 0.0594. The molecule has 0 aliphatic carbocycles. The van der Waals surface area contributed by atoms with Crippen LogP contribution >= 0.6 is 0 Å². The quantitative estimate of drug-likeness (QED) is 0.780. The predicted molar refractivity (Wildman–Crippen MR) is 85.6 cm³/mol. The van der Waals surface area contributed by atoms with Gasteiger partial charge in [0, 0.05) is 19.3 Å². The normalized spacial score (nSPS) is 10.2. The molecule has 0 atom stereocenters. The lowest BCUT2D eigenvalue weighted by atomic mass is 10.3. The average Bonchev–Trinajstić information content (AvgIpc) is 3.07. The number of anilines is 1. The second-order valence-corrected chi connectivity index (χ2v) is 4.83. The molecule has 0 bridgehead atoms. The Balaban J connectivity index is 2.05. The van der Waals surface area contributed by atoms with E-state index in [0.717, 1.165) is 0 Å². The van der Waals surface area contributed by atoms with E-state index in [9.17, 15) is 9.59 Å². The van der Waals surface area contributed by atoms with Crippen LogP contribution in [0.15, 0.2) is 41.0 Å². The number of carbonyl (C=O) groups is 2. The number of methoxy groups -OCH3 is 2. The Morgan fingerprint density at radius 3 is 2.67 bits per heavy atom. The lowest BCUT2D eigenvalue weighted by Gasteiger charge is -2.21. The van der Waals surface area contributed by atoms with Crippen LogP contribution in [0, 0.1) is 0 Å². The Hall–Kier alpha value is -2.87. The second-order valence-electron chi connectivity index (χ2n) is 4.83. The van der Waals surface area contributed by atoms with Gasteiger partial charge in [-0.3, -0.25) is 0 Å². The van der Waals surface area contributed by atoms with E-state index in [0.29, 0.717) is 18.8 Å². The molecule has 24 heavy (non-hydrogen) atoms. The van der Waals surface area contributed by atoms with Crippen molar-refractivity contribution in [2.24, 2.45) is 0 Å². The molecule has 0 unspecified atom stereocenters. The Morgan fingerprint density at radius 1 is 1.25 bits per heavy atom. The molecular weight excluding hydrogens is 314 g/mol. The van der Waals surface area contributed by atoms with Gasteiger partial charge in [0.05, 0.1) is 20.3 Å². The lowest BCUT2D eigenvalue weighted by Crippen LogP contribution is -2.37. The standard InChI is InChI=1S/C16H19N3O5/c1-22-9-8-19(16(21)17-12-6-4-3-5-7-12)10-14-18-13(11-24-14)15(20)23-2/h3-7,11H,8-10H2,1-2H3,(H,17,21). The van der Waals surface area contributed by atoms with E-state index < -0.39 is 5.97 Å². The third kappa shape index (κ3) is 4.82. The van der Waals surface area contributed by atoms with Crippen molar-refractivity contribution in [3.8, 4) is 0 Å². The highest BCUT2D eigenvalue weighted by molar-refractivity contribution is 5.89. The summed E-state index contributed by atoms with van der Waals surface area (Å²) in [6.45, 7) is 0.789. The van der Waals surface area contributed by atoms with E-state index >= 15 is 0 Å². The van der Waals surface area contributed by atoms with E-state index in [4.69, 9.17) is 9.15 Å². The summed E-state index contributed by atoms with van der Waals surface area (Å²) in [5.41, 5.74) is 0.732. The van der Waals surface area contributed by atoms with E-state index in [1.807, 2.05) is 18.2 Å². The molecule has 1 N–H and O–H groups in total. The van der Waals surface area contributed by atoms with Crippen LogP contribution in [0.5, 0.6) is 0 Å². The van der Waals surface area contributed by atoms with Gasteiger partial charge in [0.25, 0.3) is 0 Å². The second kappa shape index (κ2) is 8.68. The van der Waals surface area contributed by atoms with Crippen LogP contribution in [0.1, 0.15) is 16.4 Å². The molecule has 8 heteroatoms. The minimum Gasteiger partial charge on any atom is -0.464 e. The molecule has 0 aliphatic rings. The predicted octanol–water partition coefficient (Wildman–Crippen LogP) is 2.14. The molecular formula is C16H19N3O5. The zero-order valence-corrected chi connectivity index (χ0v) is 13.5. The summed E-state index contributed by atoms with van der Waals surface area (Å²) in [5, 5.41) is 2.78. The molecule has 1 aromatic carbocycles. The maximum atomic E-state index is 12.4. The summed E-state index contributed by atoms with van der Waals surface area (Å²) in [6, 6.07) is 8.76. The molecule has 8 nitrogen and oxygen atoms in total. The third-order valence-electron chi connectivity index (χ3n) is 3.15. The van der Waals surface area contributed by atoms with Crippen molar-refractivity contribution in [1.29, 1.82) is 0 Å². The van der Waals surface area contributed by atoms with Crippen LogP contribution in [0.2, 0.25) is 0 Å². The summed E-state index contributed by atoms with van der Waals surface area (Å²) in [7, 11) is 2.81. The monoisotopic (exact) mass is 333 g/mol. The Kier molecular flexibility index (Phi) is 6.32. The van der Waals surface area contributed by atoms with Gasteiger partial charge in [0.2, 0.25) is 5.89 Å². The highest BCUT2D eigenvalue weighted by atomic mass is 16.5. The van der Waals surface area contributed by atoms with Gasteiger partial charge >= 0.3 is 12.0 Å². The van der Waals surface area contributed by atoms with Gasteiger partial charge in [-0.1, -0.05) is 18.2 Å². The number of nitrogens with one attached hydrogen (secondary N) is 1. The number of carbonyl (C=O) groups excluding carboxylic acids is 2. The van der Waals surface area contributed by atoms with Crippen molar-refractivity contribution in [2.75, 3.05) is 32.7 Å². The number of aromatic nitrogens is 1. The first kappa shape index (κ1) is 17.5. The van der Waals surface area contributed by atoms with Crippen molar-refractivity contribution in [1.82, 2.24) is 9.88 Å². The molecule has 0 spiro atoms. The maximum Gasteiger partial charge on any atom is 0.360 e. The summed E-state index contributed by atoms with van der Waals surface area (Å²) >= 11 is 0. The molecule has 0 fully saturated rings. The molecule has 0 saturated carbocycles. The van der Waals surface area contributed by atoms with Crippen LogP contribution in [-0.2, 0) is 16.0 Å².